The lowest BCUT2D eigenvalue weighted by Gasteiger charge is -2.18. The highest BCUT2D eigenvalue weighted by Gasteiger charge is 2.43. The Morgan fingerprint density at radius 3 is 2.48 bits per heavy atom. The number of guanidine groups is 1. The van der Waals surface area contributed by atoms with Gasteiger partial charge in [0, 0.05) is 41.9 Å². The van der Waals surface area contributed by atoms with Crippen molar-refractivity contribution in [2.24, 2.45) is 4.99 Å². The van der Waals surface area contributed by atoms with Crippen molar-refractivity contribution in [3.63, 3.8) is 0 Å². The Labute approximate surface area is 193 Å². The fourth-order valence-electron chi connectivity index (χ4n) is 2.84. The highest BCUT2D eigenvalue weighted by molar-refractivity contribution is 14.0. The van der Waals surface area contributed by atoms with Crippen LogP contribution in [0.1, 0.15) is 35.4 Å². The largest absolute Gasteiger partial charge is 0.459 e. The van der Waals surface area contributed by atoms with Crippen LogP contribution in [0.5, 0.6) is 0 Å². The summed E-state index contributed by atoms with van der Waals surface area (Å²) in [5.74, 6) is 1.02. The molecule has 0 aliphatic heterocycles. The highest BCUT2D eigenvalue weighted by Crippen LogP contribution is 2.51. The second kappa shape index (κ2) is 11.5. The Hall–Kier alpha value is -1.68. The molecular formula is C21H29IN4O2S. The van der Waals surface area contributed by atoms with Crippen molar-refractivity contribution in [3.8, 4) is 0 Å². The van der Waals surface area contributed by atoms with Gasteiger partial charge in [-0.1, -0.05) is 18.2 Å². The Kier molecular flexibility index (Phi) is 9.35. The van der Waals surface area contributed by atoms with Crippen molar-refractivity contribution in [3.05, 3.63) is 54.0 Å². The van der Waals surface area contributed by atoms with E-state index in [9.17, 15) is 4.79 Å². The van der Waals surface area contributed by atoms with E-state index in [1.54, 1.807) is 13.1 Å². The molecule has 1 saturated carbocycles. The molecular weight excluding hydrogens is 499 g/mol. The molecule has 1 aliphatic carbocycles. The standard InChI is InChI=1S/C21H28N4O2S.HI/c1-16-9-14-27-18(16)19(26)23-12-6-13-24-20(22-2)25-15-21(10-11-21)28-17-7-4-3-5-8-17;/h3-5,7-9,14H,6,10-13,15H2,1-2H3,(H,23,26)(H2,22,24,25);1H. The number of carbonyl (C=O) groups excluding carboxylic acids is 1. The maximum Gasteiger partial charge on any atom is 0.287 e. The number of amides is 1. The van der Waals surface area contributed by atoms with E-state index in [-0.39, 0.29) is 34.6 Å². The Morgan fingerprint density at radius 1 is 1.14 bits per heavy atom. The van der Waals surface area contributed by atoms with Crippen molar-refractivity contribution in [2.75, 3.05) is 26.7 Å². The summed E-state index contributed by atoms with van der Waals surface area (Å²) < 4.78 is 5.46. The molecule has 6 nitrogen and oxygen atoms in total. The Balaban J connectivity index is 0.00000300. The molecule has 158 valence electrons. The van der Waals surface area contributed by atoms with E-state index in [0.29, 0.717) is 12.3 Å². The van der Waals surface area contributed by atoms with E-state index in [1.165, 1.54) is 24.0 Å². The number of aryl methyl sites for hydroxylation is 1. The molecule has 0 atom stereocenters. The molecule has 1 fully saturated rings. The van der Waals surface area contributed by atoms with Crippen LogP contribution in [0.3, 0.4) is 0 Å². The smallest absolute Gasteiger partial charge is 0.287 e. The number of hydrogen-bond donors (Lipinski definition) is 3. The molecule has 1 heterocycles. The number of aliphatic imine (C=N–C) groups is 1. The fraction of sp³-hybridized carbons (Fsp3) is 0.429. The van der Waals surface area contributed by atoms with Gasteiger partial charge in [0.25, 0.3) is 5.91 Å². The zero-order chi connectivity index (χ0) is 19.8. The van der Waals surface area contributed by atoms with Crippen molar-refractivity contribution in [2.45, 2.75) is 35.8 Å². The molecule has 1 aliphatic rings. The van der Waals surface area contributed by atoms with Crippen LogP contribution < -0.4 is 16.0 Å². The number of furan rings is 1. The number of thioether (sulfide) groups is 1. The van der Waals surface area contributed by atoms with Gasteiger partial charge in [0.2, 0.25) is 0 Å². The average Bonchev–Trinajstić information content (AvgIpc) is 3.33. The minimum Gasteiger partial charge on any atom is -0.459 e. The van der Waals surface area contributed by atoms with Crippen LogP contribution in [-0.4, -0.2) is 43.3 Å². The first-order chi connectivity index (χ1) is 13.6. The Bertz CT molecular complexity index is 806. The number of halogens is 1. The fourth-order valence-corrected chi connectivity index (χ4v) is 4.08. The molecule has 1 aromatic carbocycles. The van der Waals surface area contributed by atoms with E-state index >= 15 is 0 Å². The van der Waals surface area contributed by atoms with Gasteiger partial charge in [-0.15, -0.1) is 35.7 Å². The lowest BCUT2D eigenvalue weighted by Crippen LogP contribution is -2.42. The molecule has 3 rings (SSSR count). The van der Waals surface area contributed by atoms with Crippen LogP contribution in [0.15, 0.2) is 57.0 Å². The predicted molar refractivity (Wildman–Crippen MR) is 129 cm³/mol. The summed E-state index contributed by atoms with van der Waals surface area (Å²) in [5.41, 5.74) is 0.850. The minimum absolute atomic E-state index is 0. The van der Waals surface area contributed by atoms with Crippen molar-refractivity contribution < 1.29 is 9.21 Å². The number of nitrogens with zero attached hydrogens (tertiary/aromatic N) is 1. The first-order valence-electron chi connectivity index (χ1n) is 9.63. The maximum absolute atomic E-state index is 12.0. The van der Waals surface area contributed by atoms with Crippen molar-refractivity contribution >= 4 is 47.6 Å². The predicted octanol–water partition coefficient (Wildman–Crippen LogP) is 3.82. The van der Waals surface area contributed by atoms with E-state index in [2.05, 4.69) is 45.2 Å². The summed E-state index contributed by atoms with van der Waals surface area (Å²) in [4.78, 5) is 17.6. The second-order valence-corrected chi connectivity index (χ2v) is 8.53. The third-order valence-corrected chi connectivity index (χ3v) is 6.18. The number of nitrogens with one attached hydrogen (secondary N) is 3. The van der Waals surface area contributed by atoms with Gasteiger partial charge in [-0.05, 0) is 44.4 Å². The molecule has 0 bridgehead atoms. The quantitative estimate of drug-likeness (QED) is 0.200. The van der Waals surface area contributed by atoms with Crippen LogP contribution in [-0.2, 0) is 0 Å². The molecule has 0 spiro atoms. The number of rotatable bonds is 9. The van der Waals surface area contributed by atoms with Gasteiger partial charge in [0.1, 0.15) is 0 Å². The van der Waals surface area contributed by atoms with E-state index in [1.807, 2.05) is 24.8 Å². The van der Waals surface area contributed by atoms with Gasteiger partial charge in [-0.2, -0.15) is 0 Å². The summed E-state index contributed by atoms with van der Waals surface area (Å²) in [7, 11) is 1.78. The van der Waals surface area contributed by atoms with Gasteiger partial charge in [0.15, 0.2) is 11.7 Å². The lowest BCUT2D eigenvalue weighted by molar-refractivity contribution is 0.0925. The molecule has 3 N–H and O–H groups in total. The van der Waals surface area contributed by atoms with Gasteiger partial charge in [0.05, 0.1) is 6.26 Å². The maximum atomic E-state index is 12.0. The molecule has 0 radical (unpaired) electrons. The third kappa shape index (κ3) is 7.26. The summed E-state index contributed by atoms with van der Waals surface area (Å²) in [6.45, 7) is 4.06. The lowest BCUT2D eigenvalue weighted by atomic mass is 10.2. The highest BCUT2D eigenvalue weighted by atomic mass is 127. The number of benzene rings is 1. The van der Waals surface area contributed by atoms with E-state index in [0.717, 1.165) is 31.0 Å². The molecule has 0 saturated heterocycles. The average molecular weight is 528 g/mol. The van der Waals surface area contributed by atoms with Crippen LogP contribution in [0, 0.1) is 6.92 Å². The molecule has 8 heteroatoms. The molecule has 1 aromatic heterocycles. The normalized spacial score (nSPS) is 14.6. The van der Waals surface area contributed by atoms with Crippen molar-refractivity contribution in [1.82, 2.24) is 16.0 Å². The first kappa shape index (κ1) is 23.6. The zero-order valence-electron chi connectivity index (χ0n) is 16.9. The SMILES string of the molecule is CN=C(NCCCNC(=O)c1occc1C)NCC1(Sc2ccccc2)CC1.I. The van der Waals surface area contributed by atoms with Gasteiger partial charge in [-0.3, -0.25) is 9.79 Å². The summed E-state index contributed by atoms with van der Waals surface area (Å²) in [5, 5.41) is 9.62. The van der Waals surface area contributed by atoms with Crippen LogP contribution in [0.25, 0.3) is 0 Å². The van der Waals surface area contributed by atoms with E-state index in [4.69, 9.17) is 4.42 Å². The molecule has 1 amide bonds. The van der Waals surface area contributed by atoms with Gasteiger partial charge in [-0.25, -0.2) is 0 Å². The number of carbonyl (C=O) groups is 1. The minimum atomic E-state index is -0.168. The zero-order valence-corrected chi connectivity index (χ0v) is 20.0. The molecule has 29 heavy (non-hydrogen) atoms. The third-order valence-electron chi connectivity index (χ3n) is 4.69. The molecule has 2 aromatic rings. The monoisotopic (exact) mass is 528 g/mol. The van der Waals surface area contributed by atoms with Crippen LogP contribution in [0.2, 0.25) is 0 Å². The summed E-state index contributed by atoms with van der Waals surface area (Å²) >= 11 is 1.94. The van der Waals surface area contributed by atoms with Gasteiger partial charge < -0.3 is 20.4 Å². The summed E-state index contributed by atoms with van der Waals surface area (Å²) in [6.07, 6.45) is 4.77. The second-order valence-electron chi connectivity index (χ2n) is 6.99. The van der Waals surface area contributed by atoms with Gasteiger partial charge >= 0.3 is 0 Å². The van der Waals surface area contributed by atoms with Crippen molar-refractivity contribution in [1.29, 1.82) is 0 Å². The Morgan fingerprint density at radius 2 is 1.86 bits per heavy atom. The molecule has 0 unspecified atom stereocenters. The number of hydrogen-bond acceptors (Lipinski definition) is 4. The van der Waals surface area contributed by atoms with Crippen LogP contribution in [0.4, 0.5) is 0 Å². The van der Waals surface area contributed by atoms with Crippen LogP contribution >= 0.6 is 35.7 Å². The first-order valence-corrected chi connectivity index (χ1v) is 10.4. The topological polar surface area (TPSA) is 78.7 Å². The summed E-state index contributed by atoms with van der Waals surface area (Å²) in [6, 6.07) is 12.3. The van der Waals surface area contributed by atoms with E-state index < -0.39 is 0 Å².